The Labute approximate surface area is 162 Å². The highest BCUT2D eigenvalue weighted by Crippen LogP contribution is 2.29. The fraction of sp³-hybridized carbons (Fsp3) is 0.350. The maximum absolute atomic E-state index is 12.6. The van der Waals surface area contributed by atoms with Crippen LogP contribution < -0.4 is 19.7 Å². The lowest BCUT2D eigenvalue weighted by atomic mass is 10.1. The normalized spacial score (nSPS) is 13.5. The number of hydrogen-bond acceptors (Lipinski definition) is 3. The van der Waals surface area contributed by atoms with E-state index < -0.39 is 17.8 Å². The fourth-order valence-electron chi connectivity index (χ4n) is 2.67. The third-order valence-corrected chi connectivity index (χ3v) is 4.58. The summed E-state index contributed by atoms with van der Waals surface area (Å²) < 4.78 is 48.4. The molecule has 0 saturated carbocycles. The molecule has 0 saturated heterocycles. The number of rotatable bonds is 7. The fourth-order valence-corrected chi connectivity index (χ4v) is 2.67. The van der Waals surface area contributed by atoms with E-state index in [2.05, 4.69) is 5.32 Å². The summed E-state index contributed by atoms with van der Waals surface area (Å²) in [6, 6.07) is 9.41. The van der Waals surface area contributed by atoms with Crippen LogP contribution in [0.4, 0.5) is 18.9 Å². The van der Waals surface area contributed by atoms with Crippen LogP contribution in [0.1, 0.15) is 18.1 Å². The summed E-state index contributed by atoms with van der Waals surface area (Å²) in [5, 5.41) is 2.66. The molecular weight excluding hydrogens is 373 g/mol. The molecule has 1 amide bonds. The number of carbonyl (C=O) groups is 1. The molecule has 0 aliphatic heterocycles. The Kier molecular flexibility index (Phi) is 6.90. The van der Waals surface area contributed by atoms with Crippen LogP contribution >= 0.6 is 0 Å². The first-order valence-electron chi connectivity index (χ1n) is 8.67. The first kappa shape index (κ1) is 21.6. The smallest absolute Gasteiger partial charge is 0.416 e. The highest BCUT2D eigenvalue weighted by molar-refractivity contribution is 5.93. The highest BCUT2D eigenvalue weighted by atomic mass is 19.4. The summed E-state index contributed by atoms with van der Waals surface area (Å²) in [4.78, 5) is 13.4. The van der Waals surface area contributed by atoms with Gasteiger partial charge in [-0.2, -0.15) is 13.2 Å². The van der Waals surface area contributed by atoms with Gasteiger partial charge in [-0.15, -0.1) is 0 Å². The Morgan fingerprint density at radius 1 is 1.11 bits per heavy atom. The Bertz CT molecular complexity index is 807. The molecule has 2 atom stereocenters. The van der Waals surface area contributed by atoms with Crippen molar-refractivity contribution in [1.82, 2.24) is 0 Å². The Hall–Kier alpha value is -2.74. The van der Waals surface area contributed by atoms with Crippen LogP contribution in [0.25, 0.3) is 0 Å². The van der Waals surface area contributed by atoms with Crippen LogP contribution in [-0.2, 0) is 17.5 Å². The standard InChI is InChI=1S/C20H23F3N2O3/c1-13(19(26)24-16-8-6-15(7-9-16)20(21,22)23)25(2)12-14-5-10-17(27-3)11-18(14)28-4/h5-11,13H,12H2,1-4H3,(H,24,26)/p+1/t13-/m1/s1. The molecule has 0 spiro atoms. The second-order valence-corrected chi connectivity index (χ2v) is 6.49. The van der Waals surface area contributed by atoms with Crippen LogP contribution in [0.15, 0.2) is 42.5 Å². The molecule has 2 rings (SSSR count). The molecule has 0 fully saturated rings. The molecule has 28 heavy (non-hydrogen) atoms. The zero-order valence-electron chi connectivity index (χ0n) is 16.2. The Morgan fingerprint density at radius 3 is 2.29 bits per heavy atom. The topological polar surface area (TPSA) is 52.0 Å². The van der Waals surface area contributed by atoms with Crippen molar-refractivity contribution in [2.75, 3.05) is 26.6 Å². The van der Waals surface area contributed by atoms with Gasteiger partial charge in [0.05, 0.1) is 26.8 Å². The van der Waals surface area contributed by atoms with Crippen LogP contribution in [0.2, 0.25) is 0 Å². The number of methoxy groups -OCH3 is 2. The number of benzene rings is 2. The number of anilines is 1. The average molecular weight is 397 g/mol. The van der Waals surface area contributed by atoms with Gasteiger partial charge in [0.2, 0.25) is 0 Å². The van der Waals surface area contributed by atoms with Crippen molar-refractivity contribution in [2.24, 2.45) is 0 Å². The van der Waals surface area contributed by atoms with E-state index in [9.17, 15) is 18.0 Å². The van der Waals surface area contributed by atoms with Crippen molar-refractivity contribution >= 4 is 11.6 Å². The number of quaternary nitrogens is 1. The van der Waals surface area contributed by atoms with E-state index in [1.165, 1.54) is 12.1 Å². The number of halogens is 3. The minimum Gasteiger partial charge on any atom is -0.497 e. The SMILES string of the molecule is COc1ccc(C[NH+](C)[C@H](C)C(=O)Nc2ccc(C(F)(F)F)cc2)c(OC)c1. The molecule has 0 heterocycles. The molecule has 5 nitrogen and oxygen atoms in total. The van der Waals surface area contributed by atoms with E-state index in [4.69, 9.17) is 9.47 Å². The van der Waals surface area contributed by atoms with E-state index in [1.807, 2.05) is 19.2 Å². The first-order chi connectivity index (χ1) is 13.2. The third kappa shape index (κ3) is 5.39. The maximum atomic E-state index is 12.6. The van der Waals surface area contributed by atoms with Crippen LogP contribution in [0, 0.1) is 0 Å². The predicted molar refractivity (Wildman–Crippen MR) is 99.7 cm³/mol. The lowest BCUT2D eigenvalue weighted by Crippen LogP contribution is -3.12. The van der Waals surface area contributed by atoms with Crippen LogP contribution in [0.3, 0.4) is 0 Å². The monoisotopic (exact) mass is 397 g/mol. The zero-order valence-corrected chi connectivity index (χ0v) is 16.2. The molecule has 2 aromatic rings. The molecule has 0 radical (unpaired) electrons. The number of alkyl halides is 3. The summed E-state index contributed by atoms with van der Waals surface area (Å²) in [6.07, 6.45) is -4.41. The van der Waals surface area contributed by atoms with Crippen molar-refractivity contribution in [3.8, 4) is 11.5 Å². The largest absolute Gasteiger partial charge is 0.497 e. The molecule has 0 aliphatic carbocycles. The Balaban J connectivity index is 2.02. The summed E-state index contributed by atoms with van der Waals surface area (Å²) in [6.45, 7) is 2.28. The Morgan fingerprint density at radius 2 is 1.75 bits per heavy atom. The van der Waals surface area contributed by atoms with Gasteiger partial charge >= 0.3 is 6.18 Å². The number of amides is 1. The second-order valence-electron chi connectivity index (χ2n) is 6.49. The number of ether oxygens (including phenoxy) is 2. The maximum Gasteiger partial charge on any atom is 0.416 e. The lowest BCUT2D eigenvalue weighted by Gasteiger charge is -2.22. The number of likely N-dealkylation sites (N-methyl/N-ethyl adjacent to an activating group) is 1. The summed E-state index contributed by atoms with van der Waals surface area (Å²) in [5.74, 6) is 1.05. The van der Waals surface area contributed by atoms with E-state index >= 15 is 0 Å². The minimum atomic E-state index is -4.41. The van der Waals surface area contributed by atoms with Crippen molar-refractivity contribution in [2.45, 2.75) is 25.7 Å². The zero-order chi connectivity index (χ0) is 20.9. The van der Waals surface area contributed by atoms with Gasteiger partial charge in [-0.1, -0.05) is 0 Å². The molecule has 1 unspecified atom stereocenters. The molecule has 0 aromatic heterocycles. The van der Waals surface area contributed by atoms with Gasteiger partial charge in [0.1, 0.15) is 18.0 Å². The number of hydrogen-bond donors (Lipinski definition) is 2. The van der Waals surface area contributed by atoms with E-state index in [-0.39, 0.29) is 5.91 Å². The summed E-state index contributed by atoms with van der Waals surface area (Å²) in [7, 11) is 4.99. The summed E-state index contributed by atoms with van der Waals surface area (Å²) >= 11 is 0. The van der Waals surface area contributed by atoms with Gasteiger partial charge in [-0.05, 0) is 43.3 Å². The third-order valence-electron chi connectivity index (χ3n) is 4.58. The molecule has 2 aromatic carbocycles. The highest BCUT2D eigenvalue weighted by Gasteiger charge is 2.30. The van der Waals surface area contributed by atoms with Gasteiger partial charge in [-0.25, -0.2) is 0 Å². The predicted octanol–water partition coefficient (Wildman–Crippen LogP) is 2.76. The quantitative estimate of drug-likeness (QED) is 0.756. The molecule has 2 N–H and O–H groups in total. The minimum absolute atomic E-state index is 0.287. The molecular formula is C20H24F3N2O3+. The van der Waals surface area contributed by atoms with E-state index in [0.29, 0.717) is 23.7 Å². The number of nitrogens with one attached hydrogen (secondary N) is 2. The molecule has 0 aliphatic rings. The summed E-state index contributed by atoms with van der Waals surface area (Å²) in [5.41, 5.74) is 0.475. The molecule has 0 bridgehead atoms. The van der Waals surface area contributed by atoms with Gasteiger partial charge in [0.15, 0.2) is 6.04 Å². The van der Waals surface area contributed by atoms with Gasteiger partial charge in [-0.3, -0.25) is 4.79 Å². The van der Waals surface area contributed by atoms with Crippen molar-refractivity contribution in [1.29, 1.82) is 0 Å². The lowest BCUT2D eigenvalue weighted by molar-refractivity contribution is -0.907. The average Bonchev–Trinajstić information content (AvgIpc) is 2.67. The van der Waals surface area contributed by atoms with Gasteiger partial charge < -0.3 is 19.7 Å². The van der Waals surface area contributed by atoms with Crippen molar-refractivity contribution < 1.29 is 32.3 Å². The van der Waals surface area contributed by atoms with Crippen molar-refractivity contribution in [3.63, 3.8) is 0 Å². The van der Waals surface area contributed by atoms with Crippen molar-refractivity contribution in [3.05, 3.63) is 53.6 Å². The molecule has 8 heteroatoms. The van der Waals surface area contributed by atoms with Crippen LogP contribution in [-0.4, -0.2) is 33.2 Å². The van der Waals surface area contributed by atoms with E-state index in [1.54, 1.807) is 27.2 Å². The van der Waals surface area contributed by atoms with Gasteiger partial charge in [0.25, 0.3) is 5.91 Å². The van der Waals surface area contributed by atoms with E-state index in [0.717, 1.165) is 22.6 Å². The van der Waals surface area contributed by atoms with Gasteiger partial charge in [0, 0.05) is 17.3 Å². The van der Waals surface area contributed by atoms with Crippen LogP contribution in [0.5, 0.6) is 11.5 Å². The number of carbonyl (C=O) groups excluding carboxylic acids is 1. The molecule has 152 valence electrons. The first-order valence-corrected chi connectivity index (χ1v) is 8.67. The second kappa shape index (κ2) is 8.97.